The van der Waals surface area contributed by atoms with Crippen molar-refractivity contribution in [3.8, 4) is 0 Å². The first-order chi connectivity index (χ1) is 5.57. The molecule has 1 N–H and O–H groups in total. The Kier molecular flexibility index (Phi) is 6.45. The van der Waals surface area contributed by atoms with E-state index in [0.717, 1.165) is 11.8 Å². The molecule has 0 spiro atoms. The monoisotopic (exact) mass is 171 g/mol. The summed E-state index contributed by atoms with van der Waals surface area (Å²) in [6, 6.07) is 0.712. The van der Waals surface area contributed by atoms with Crippen LogP contribution >= 0.6 is 0 Å². The molecule has 74 valence electrons. The van der Waals surface area contributed by atoms with E-state index < -0.39 is 0 Å². The van der Waals surface area contributed by atoms with Crippen LogP contribution in [0.5, 0.6) is 0 Å². The Bertz CT molecular complexity index is 97.2. The molecule has 0 aliphatic carbocycles. The number of rotatable bonds is 6. The zero-order chi connectivity index (χ0) is 9.56. The van der Waals surface area contributed by atoms with Gasteiger partial charge in [-0.15, -0.1) is 0 Å². The van der Waals surface area contributed by atoms with Crippen molar-refractivity contribution in [3.63, 3.8) is 0 Å². The number of hydrogen-bond acceptors (Lipinski definition) is 1. The van der Waals surface area contributed by atoms with Crippen molar-refractivity contribution in [2.75, 3.05) is 7.05 Å². The van der Waals surface area contributed by atoms with Gasteiger partial charge in [-0.25, -0.2) is 0 Å². The molecule has 0 heterocycles. The highest BCUT2D eigenvalue weighted by molar-refractivity contribution is 4.68. The topological polar surface area (TPSA) is 12.0 Å². The van der Waals surface area contributed by atoms with Crippen LogP contribution in [0.25, 0.3) is 0 Å². The van der Waals surface area contributed by atoms with Crippen LogP contribution in [0.2, 0.25) is 0 Å². The maximum atomic E-state index is 3.38. The first-order valence-electron chi connectivity index (χ1n) is 5.25. The van der Waals surface area contributed by atoms with Crippen LogP contribution in [0.15, 0.2) is 0 Å². The van der Waals surface area contributed by atoms with Crippen LogP contribution in [0.3, 0.4) is 0 Å². The van der Waals surface area contributed by atoms with E-state index >= 15 is 0 Å². The number of nitrogens with one attached hydrogen (secondary N) is 1. The highest BCUT2D eigenvalue weighted by Gasteiger charge is 2.09. The fourth-order valence-electron chi connectivity index (χ4n) is 1.56. The van der Waals surface area contributed by atoms with Crippen molar-refractivity contribution >= 4 is 0 Å². The molecule has 1 nitrogen and oxygen atoms in total. The van der Waals surface area contributed by atoms with Gasteiger partial charge in [-0.3, -0.25) is 0 Å². The van der Waals surface area contributed by atoms with Crippen molar-refractivity contribution in [3.05, 3.63) is 0 Å². The fraction of sp³-hybridized carbons (Fsp3) is 1.00. The molecule has 0 fully saturated rings. The summed E-state index contributed by atoms with van der Waals surface area (Å²) in [5, 5.41) is 3.38. The molecule has 0 aromatic rings. The van der Waals surface area contributed by atoms with Crippen LogP contribution in [-0.4, -0.2) is 13.1 Å². The van der Waals surface area contributed by atoms with Crippen molar-refractivity contribution in [2.24, 2.45) is 11.8 Å². The van der Waals surface area contributed by atoms with Gasteiger partial charge >= 0.3 is 0 Å². The summed E-state index contributed by atoms with van der Waals surface area (Å²) >= 11 is 0. The van der Waals surface area contributed by atoms with Crippen molar-refractivity contribution < 1.29 is 0 Å². The van der Waals surface area contributed by atoms with E-state index in [9.17, 15) is 0 Å². The van der Waals surface area contributed by atoms with E-state index in [1.54, 1.807) is 0 Å². The molecular formula is C11H25N. The Morgan fingerprint density at radius 1 is 1.00 bits per heavy atom. The normalized spacial score (nSPS) is 14.2. The quantitative estimate of drug-likeness (QED) is 0.647. The van der Waals surface area contributed by atoms with Gasteiger partial charge in [-0.2, -0.15) is 0 Å². The summed E-state index contributed by atoms with van der Waals surface area (Å²) in [7, 11) is 2.07. The molecule has 0 saturated heterocycles. The summed E-state index contributed by atoms with van der Waals surface area (Å²) < 4.78 is 0. The maximum Gasteiger partial charge on any atom is 0.00870 e. The molecule has 0 rings (SSSR count). The molecule has 12 heavy (non-hydrogen) atoms. The third kappa shape index (κ3) is 5.59. The summed E-state index contributed by atoms with van der Waals surface area (Å²) in [5.74, 6) is 1.62. The fourth-order valence-corrected chi connectivity index (χ4v) is 1.56. The van der Waals surface area contributed by atoms with Crippen LogP contribution in [0, 0.1) is 11.8 Å². The molecule has 0 saturated carbocycles. The molecule has 1 heteroatoms. The Labute approximate surface area is 77.9 Å². The van der Waals surface area contributed by atoms with Crippen molar-refractivity contribution in [2.45, 2.75) is 53.0 Å². The largest absolute Gasteiger partial charge is 0.317 e. The predicted octanol–water partition coefficient (Wildman–Crippen LogP) is 3.06. The average molecular weight is 171 g/mol. The second kappa shape index (κ2) is 6.47. The van der Waals surface area contributed by atoms with E-state index in [2.05, 4.69) is 40.1 Å². The summed E-state index contributed by atoms with van der Waals surface area (Å²) in [5.41, 5.74) is 0. The highest BCUT2D eigenvalue weighted by Crippen LogP contribution is 2.12. The van der Waals surface area contributed by atoms with E-state index in [1.165, 1.54) is 19.3 Å². The van der Waals surface area contributed by atoms with Gasteiger partial charge in [0.1, 0.15) is 0 Å². The van der Waals surface area contributed by atoms with Crippen LogP contribution in [0.1, 0.15) is 47.0 Å². The van der Waals surface area contributed by atoms with Crippen molar-refractivity contribution in [1.82, 2.24) is 5.32 Å². The van der Waals surface area contributed by atoms with E-state index in [1.807, 2.05) is 0 Å². The standard InChI is InChI=1S/C11H25N/c1-9(2)7-6-8-11(12-5)10(3)4/h9-12H,6-8H2,1-5H3. The van der Waals surface area contributed by atoms with E-state index in [-0.39, 0.29) is 0 Å². The minimum atomic E-state index is 0.712. The van der Waals surface area contributed by atoms with Gasteiger partial charge in [0.25, 0.3) is 0 Å². The second-order valence-corrected chi connectivity index (χ2v) is 4.46. The van der Waals surface area contributed by atoms with Gasteiger partial charge in [0.15, 0.2) is 0 Å². The Morgan fingerprint density at radius 3 is 1.92 bits per heavy atom. The molecule has 0 bridgehead atoms. The van der Waals surface area contributed by atoms with Gasteiger partial charge in [0.05, 0.1) is 0 Å². The van der Waals surface area contributed by atoms with Gasteiger partial charge in [-0.1, -0.05) is 40.5 Å². The molecule has 0 aromatic heterocycles. The van der Waals surface area contributed by atoms with Crippen LogP contribution in [0.4, 0.5) is 0 Å². The zero-order valence-electron chi connectivity index (χ0n) is 9.35. The highest BCUT2D eigenvalue weighted by atomic mass is 14.9. The molecule has 0 amide bonds. The lowest BCUT2D eigenvalue weighted by Crippen LogP contribution is -2.30. The van der Waals surface area contributed by atoms with Crippen LogP contribution in [-0.2, 0) is 0 Å². The molecule has 0 aliphatic rings. The predicted molar refractivity (Wildman–Crippen MR) is 56.4 cm³/mol. The molecule has 0 radical (unpaired) electrons. The third-order valence-electron chi connectivity index (χ3n) is 2.47. The van der Waals surface area contributed by atoms with Gasteiger partial charge in [-0.05, 0) is 25.3 Å². The molecule has 1 unspecified atom stereocenters. The molecule has 0 aromatic carbocycles. The summed E-state index contributed by atoms with van der Waals surface area (Å²) in [6.45, 7) is 9.17. The lowest BCUT2D eigenvalue weighted by atomic mass is 9.96. The SMILES string of the molecule is CNC(CCCC(C)C)C(C)C. The van der Waals surface area contributed by atoms with Gasteiger partial charge in [0, 0.05) is 6.04 Å². The molecule has 1 atom stereocenters. The summed E-state index contributed by atoms with van der Waals surface area (Å²) in [4.78, 5) is 0. The Hall–Kier alpha value is -0.0400. The zero-order valence-corrected chi connectivity index (χ0v) is 9.35. The summed E-state index contributed by atoms with van der Waals surface area (Å²) in [6.07, 6.45) is 4.05. The molecular weight excluding hydrogens is 146 g/mol. The lowest BCUT2D eigenvalue weighted by molar-refractivity contribution is 0.377. The lowest BCUT2D eigenvalue weighted by Gasteiger charge is -2.20. The first-order valence-corrected chi connectivity index (χ1v) is 5.25. The maximum absolute atomic E-state index is 3.38. The minimum absolute atomic E-state index is 0.712. The number of hydrogen-bond donors (Lipinski definition) is 1. The Balaban J connectivity index is 3.45. The van der Waals surface area contributed by atoms with E-state index in [0.29, 0.717) is 6.04 Å². The Morgan fingerprint density at radius 2 is 1.58 bits per heavy atom. The second-order valence-electron chi connectivity index (χ2n) is 4.46. The minimum Gasteiger partial charge on any atom is -0.317 e. The average Bonchev–Trinajstić information content (AvgIpc) is 1.96. The first kappa shape index (κ1) is 12.0. The van der Waals surface area contributed by atoms with E-state index in [4.69, 9.17) is 0 Å². The van der Waals surface area contributed by atoms with Gasteiger partial charge in [0.2, 0.25) is 0 Å². The molecule has 0 aliphatic heterocycles. The third-order valence-corrected chi connectivity index (χ3v) is 2.47. The smallest absolute Gasteiger partial charge is 0.00870 e. The van der Waals surface area contributed by atoms with Crippen LogP contribution < -0.4 is 5.32 Å². The van der Waals surface area contributed by atoms with Gasteiger partial charge < -0.3 is 5.32 Å². The van der Waals surface area contributed by atoms with Crippen molar-refractivity contribution in [1.29, 1.82) is 0 Å².